The molecule has 228 valence electrons. The summed E-state index contributed by atoms with van der Waals surface area (Å²) in [4.78, 5) is 80.5. The number of pyridine rings is 1. The number of aromatic amines is 2. The molecule has 0 radical (unpaired) electrons. The van der Waals surface area contributed by atoms with Gasteiger partial charge in [-0.1, -0.05) is 18.2 Å². The minimum Gasteiger partial charge on any atom is -0.475 e. The van der Waals surface area contributed by atoms with Crippen LogP contribution in [0.3, 0.4) is 0 Å². The minimum absolute atomic E-state index is 0.0179. The van der Waals surface area contributed by atoms with Crippen LogP contribution in [0.15, 0.2) is 46.1 Å². The fourth-order valence-electron chi connectivity index (χ4n) is 3.98. The summed E-state index contributed by atoms with van der Waals surface area (Å²) >= 11 is 0. The molecule has 0 unspecified atom stereocenters. The van der Waals surface area contributed by atoms with E-state index in [2.05, 4.69) is 20.3 Å². The number of H-pyrrole nitrogens is 2. The number of carboxylic acids is 1. The van der Waals surface area contributed by atoms with Crippen LogP contribution in [0.1, 0.15) is 21.7 Å². The summed E-state index contributed by atoms with van der Waals surface area (Å²) in [5.41, 5.74) is 6.90. The number of benzene rings is 1. The van der Waals surface area contributed by atoms with Gasteiger partial charge >= 0.3 is 17.8 Å². The number of nitrogens with two attached hydrogens (primary N) is 1. The van der Waals surface area contributed by atoms with Crippen LogP contribution in [0.25, 0.3) is 21.8 Å². The number of hydrogen-bond donors (Lipinski definition) is 5. The Kier molecular flexibility index (Phi) is 9.69. The molecule has 43 heavy (non-hydrogen) atoms. The molecule has 4 rings (SSSR count). The number of aliphatic carboxylic acids is 1. The number of hydrogen-bond acceptors (Lipinski definition) is 7. The highest BCUT2D eigenvalue weighted by molar-refractivity contribution is 6.10. The van der Waals surface area contributed by atoms with Crippen molar-refractivity contribution in [2.45, 2.75) is 26.6 Å². The molecule has 14 nitrogen and oxygen atoms in total. The molecule has 17 heteroatoms. The zero-order chi connectivity index (χ0) is 32.1. The zero-order valence-electron chi connectivity index (χ0n) is 22.7. The maximum atomic E-state index is 12.8. The molecule has 0 bridgehead atoms. The molecule has 0 atom stereocenters. The van der Waals surface area contributed by atoms with Crippen LogP contribution in [-0.2, 0) is 20.9 Å². The van der Waals surface area contributed by atoms with Gasteiger partial charge in [0, 0.05) is 41.1 Å². The van der Waals surface area contributed by atoms with E-state index in [4.69, 9.17) is 15.6 Å². The van der Waals surface area contributed by atoms with Gasteiger partial charge in [-0.3, -0.25) is 28.7 Å². The van der Waals surface area contributed by atoms with E-state index >= 15 is 0 Å². The molecular formula is C26H26F3N7O7. The van der Waals surface area contributed by atoms with Gasteiger partial charge in [-0.25, -0.2) is 14.6 Å². The number of primary amides is 1. The average molecular weight is 606 g/mol. The number of fused-ring (bicyclic) bond motifs is 3. The summed E-state index contributed by atoms with van der Waals surface area (Å²) in [6, 6.07) is 9.44. The molecule has 6 N–H and O–H groups in total. The van der Waals surface area contributed by atoms with Crippen LogP contribution >= 0.6 is 0 Å². The molecule has 0 aliphatic rings. The Morgan fingerprint density at radius 2 is 1.74 bits per heavy atom. The number of para-hydroxylation sites is 1. The molecule has 3 heterocycles. The maximum Gasteiger partial charge on any atom is 0.490 e. The predicted molar refractivity (Wildman–Crippen MR) is 146 cm³/mol. The third-order valence-corrected chi connectivity index (χ3v) is 6.01. The fraction of sp³-hybridized carbons (Fsp3) is 0.269. The highest BCUT2D eigenvalue weighted by Gasteiger charge is 2.38. The molecule has 3 amide bonds. The van der Waals surface area contributed by atoms with Crippen LogP contribution in [0, 0.1) is 13.8 Å². The summed E-state index contributed by atoms with van der Waals surface area (Å²) < 4.78 is 32.8. The number of nitrogens with one attached hydrogen (secondary N) is 3. The Balaban J connectivity index is 0.000000646. The first-order valence-corrected chi connectivity index (χ1v) is 12.4. The Labute approximate surface area is 239 Å². The van der Waals surface area contributed by atoms with Gasteiger partial charge in [-0.2, -0.15) is 13.2 Å². The molecule has 0 saturated carbocycles. The number of carbonyl (C=O) groups excluding carboxylic acids is 3. The lowest BCUT2D eigenvalue weighted by molar-refractivity contribution is -0.192. The van der Waals surface area contributed by atoms with Gasteiger partial charge < -0.3 is 26.0 Å². The number of amides is 3. The Morgan fingerprint density at radius 1 is 1.09 bits per heavy atom. The molecule has 0 saturated heterocycles. The van der Waals surface area contributed by atoms with E-state index < -0.39 is 54.2 Å². The Hall–Kier alpha value is -5.48. The van der Waals surface area contributed by atoms with E-state index in [1.54, 1.807) is 6.07 Å². The second-order valence-corrected chi connectivity index (χ2v) is 9.23. The van der Waals surface area contributed by atoms with E-state index in [1.165, 1.54) is 13.1 Å². The third-order valence-electron chi connectivity index (χ3n) is 6.01. The standard InChI is InChI=1S/C24H25N7O5.C2HF3O2/c1-13-10-31(24(36)29-22(13)34)12-20(33)30(11-19(25)32)8-7-26-23(35)18-9-16-15-5-3-4-6-17(15)28-21(16)14(2)27-18;3-2(4,5)1(6)7/h3-6,9-10,28H,7-8,11-12H2,1-2H3,(H2,25,32)(H,26,35)(H,29,34,36);(H,6,7). The lowest BCUT2D eigenvalue weighted by Crippen LogP contribution is -2.45. The van der Waals surface area contributed by atoms with Gasteiger partial charge in [0.1, 0.15) is 12.2 Å². The van der Waals surface area contributed by atoms with Gasteiger partial charge in [-0.05, 0) is 26.0 Å². The number of rotatable bonds is 8. The van der Waals surface area contributed by atoms with Crippen molar-refractivity contribution >= 4 is 45.5 Å². The van der Waals surface area contributed by atoms with E-state index in [1.807, 2.05) is 31.2 Å². The van der Waals surface area contributed by atoms with Gasteiger partial charge in [0.05, 0.1) is 17.8 Å². The first kappa shape index (κ1) is 32.0. The summed E-state index contributed by atoms with van der Waals surface area (Å²) in [6.07, 6.45) is -3.82. The van der Waals surface area contributed by atoms with Crippen molar-refractivity contribution in [3.8, 4) is 0 Å². The smallest absolute Gasteiger partial charge is 0.475 e. The first-order chi connectivity index (χ1) is 20.1. The number of alkyl halides is 3. The number of aromatic nitrogens is 4. The number of halogens is 3. The molecule has 0 fully saturated rings. The largest absolute Gasteiger partial charge is 0.490 e. The highest BCUT2D eigenvalue weighted by atomic mass is 19.4. The quantitative estimate of drug-likeness (QED) is 0.191. The topological polar surface area (TPSA) is 213 Å². The van der Waals surface area contributed by atoms with Crippen molar-refractivity contribution in [2.75, 3.05) is 19.6 Å². The van der Waals surface area contributed by atoms with Crippen molar-refractivity contribution in [2.24, 2.45) is 5.73 Å². The van der Waals surface area contributed by atoms with Gasteiger partial charge in [0.25, 0.3) is 11.5 Å². The summed E-state index contributed by atoms with van der Waals surface area (Å²) in [7, 11) is 0. The van der Waals surface area contributed by atoms with Crippen LogP contribution in [0.4, 0.5) is 13.2 Å². The zero-order valence-corrected chi connectivity index (χ0v) is 22.7. The molecule has 0 spiro atoms. The third kappa shape index (κ3) is 8.05. The maximum absolute atomic E-state index is 12.8. The lowest BCUT2D eigenvalue weighted by atomic mass is 10.1. The number of carbonyl (C=O) groups is 4. The molecule has 4 aromatic rings. The van der Waals surface area contributed by atoms with Crippen molar-refractivity contribution in [3.63, 3.8) is 0 Å². The first-order valence-electron chi connectivity index (χ1n) is 12.4. The van der Waals surface area contributed by atoms with E-state index in [-0.39, 0.29) is 24.3 Å². The van der Waals surface area contributed by atoms with Gasteiger partial charge in [-0.15, -0.1) is 0 Å². The SMILES string of the molecule is Cc1cn(CC(=O)N(CCNC(=O)c2cc3c([nH]c4ccccc43)c(C)n2)CC(N)=O)c(=O)[nH]c1=O.O=C(O)C(F)(F)F. The average Bonchev–Trinajstić information content (AvgIpc) is 3.30. The number of carboxylic acid groups (broad SMARTS) is 1. The second kappa shape index (κ2) is 13.0. The number of nitrogens with zero attached hydrogens (tertiary/aromatic N) is 3. The van der Waals surface area contributed by atoms with Crippen molar-refractivity contribution in [3.05, 3.63) is 74.3 Å². The lowest BCUT2D eigenvalue weighted by Gasteiger charge is -2.22. The molecule has 0 aliphatic heterocycles. The number of aryl methyl sites for hydroxylation is 2. The van der Waals surface area contributed by atoms with E-state index in [0.29, 0.717) is 5.69 Å². The van der Waals surface area contributed by atoms with Gasteiger partial charge in [0.15, 0.2) is 0 Å². The van der Waals surface area contributed by atoms with Crippen LogP contribution < -0.4 is 22.3 Å². The van der Waals surface area contributed by atoms with E-state index in [0.717, 1.165) is 31.3 Å². The fourth-order valence-corrected chi connectivity index (χ4v) is 3.98. The molecular weight excluding hydrogens is 579 g/mol. The second-order valence-electron chi connectivity index (χ2n) is 9.23. The highest BCUT2D eigenvalue weighted by Crippen LogP contribution is 2.27. The molecule has 0 aliphatic carbocycles. The van der Waals surface area contributed by atoms with Crippen LogP contribution in [0.5, 0.6) is 0 Å². The molecule has 1 aromatic carbocycles. The van der Waals surface area contributed by atoms with Crippen molar-refractivity contribution in [1.29, 1.82) is 0 Å². The molecule has 3 aromatic heterocycles. The minimum atomic E-state index is -5.08. The van der Waals surface area contributed by atoms with Crippen molar-refractivity contribution in [1.82, 2.24) is 29.7 Å². The monoisotopic (exact) mass is 605 g/mol. The summed E-state index contributed by atoms with van der Waals surface area (Å²) in [5.74, 6) is -4.52. The van der Waals surface area contributed by atoms with Crippen molar-refractivity contribution < 1.29 is 37.5 Å². The van der Waals surface area contributed by atoms with Crippen LogP contribution in [-0.4, -0.2) is 79.0 Å². The summed E-state index contributed by atoms with van der Waals surface area (Å²) in [5, 5.41) is 11.7. The Morgan fingerprint density at radius 3 is 2.37 bits per heavy atom. The Bertz CT molecular complexity index is 1830. The predicted octanol–water partition coefficient (Wildman–Crippen LogP) is 0.560. The summed E-state index contributed by atoms with van der Waals surface area (Å²) in [6.45, 7) is 2.49. The normalized spacial score (nSPS) is 11.1. The van der Waals surface area contributed by atoms with Crippen LogP contribution in [0.2, 0.25) is 0 Å². The van der Waals surface area contributed by atoms with E-state index in [9.17, 15) is 37.1 Å². The van der Waals surface area contributed by atoms with Gasteiger partial charge in [0.2, 0.25) is 11.8 Å².